The second kappa shape index (κ2) is 5.40. The van der Waals surface area contributed by atoms with Gasteiger partial charge in [-0.2, -0.15) is 0 Å². The highest BCUT2D eigenvalue weighted by Crippen LogP contribution is 2.26. The van der Waals surface area contributed by atoms with Crippen LogP contribution in [0.2, 0.25) is 0 Å². The fourth-order valence-corrected chi connectivity index (χ4v) is 2.50. The number of nitrogens with zero attached hydrogens (tertiary/aromatic N) is 1. The average Bonchev–Trinajstić information content (AvgIpc) is 2.46. The zero-order valence-corrected chi connectivity index (χ0v) is 12.8. The third-order valence-corrected chi connectivity index (χ3v) is 3.86. The molecule has 0 radical (unpaired) electrons. The Balaban J connectivity index is 2.28. The van der Waals surface area contributed by atoms with E-state index in [0.717, 1.165) is 9.13 Å². The highest BCUT2D eigenvalue weighted by Gasteiger charge is 2.13. The van der Waals surface area contributed by atoms with Gasteiger partial charge in [-0.1, -0.05) is 12.1 Å². The highest BCUT2D eigenvalue weighted by atomic mass is 127. The molecule has 2 aromatic carbocycles. The van der Waals surface area contributed by atoms with Gasteiger partial charge in [-0.3, -0.25) is 0 Å². The van der Waals surface area contributed by atoms with Crippen molar-refractivity contribution in [1.29, 1.82) is 0 Å². The predicted molar refractivity (Wildman–Crippen MR) is 86.8 cm³/mol. The van der Waals surface area contributed by atoms with Crippen LogP contribution in [0.15, 0.2) is 48.5 Å². The molecule has 21 heavy (non-hydrogen) atoms. The summed E-state index contributed by atoms with van der Waals surface area (Å²) in [5, 5.41) is 9.64. The number of carboxylic acids is 1. The van der Waals surface area contributed by atoms with Crippen LogP contribution in [0.3, 0.4) is 0 Å². The third kappa shape index (κ3) is 2.73. The first kappa shape index (κ1) is 13.9. The summed E-state index contributed by atoms with van der Waals surface area (Å²) in [4.78, 5) is 15.8. The van der Waals surface area contributed by atoms with E-state index in [2.05, 4.69) is 27.6 Å². The van der Waals surface area contributed by atoms with Crippen molar-refractivity contribution in [3.8, 4) is 11.3 Å². The monoisotopic (exact) mass is 393 g/mol. The molecule has 0 spiro atoms. The molecule has 0 aliphatic carbocycles. The van der Waals surface area contributed by atoms with Gasteiger partial charge < -0.3 is 5.11 Å². The molecule has 1 heterocycles. The van der Waals surface area contributed by atoms with Gasteiger partial charge in [-0.15, -0.1) is 0 Å². The second-order valence-corrected chi connectivity index (χ2v) is 5.77. The maximum Gasteiger partial charge on any atom is 0.336 e. The third-order valence-electron chi connectivity index (χ3n) is 3.14. The van der Waals surface area contributed by atoms with E-state index >= 15 is 0 Å². The molecule has 0 saturated heterocycles. The van der Waals surface area contributed by atoms with Crippen molar-refractivity contribution in [1.82, 2.24) is 4.98 Å². The number of hydrogen-bond donors (Lipinski definition) is 1. The molecule has 0 saturated carbocycles. The molecule has 0 fully saturated rings. The second-order valence-electron chi connectivity index (χ2n) is 4.53. The molecule has 0 aliphatic rings. The molecule has 3 nitrogen and oxygen atoms in total. The van der Waals surface area contributed by atoms with Gasteiger partial charge in [-0.05, 0) is 59.0 Å². The van der Waals surface area contributed by atoms with Crippen molar-refractivity contribution >= 4 is 39.5 Å². The lowest BCUT2D eigenvalue weighted by atomic mass is 10.0. The lowest BCUT2D eigenvalue weighted by molar-refractivity contribution is 0.0699. The first-order chi connectivity index (χ1) is 10.0. The Morgan fingerprint density at radius 3 is 2.48 bits per heavy atom. The van der Waals surface area contributed by atoms with Crippen LogP contribution in [0.1, 0.15) is 10.4 Å². The molecule has 0 atom stereocenters. The molecule has 1 N–H and O–H groups in total. The van der Waals surface area contributed by atoms with Crippen LogP contribution >= 0.6 is 22.6 Å². The first-order valence-corrected chi connectivity index (χ1v) is 7.22. The van der Waals surface area contributed by atoms with Crippen molar-refractivity contribution in [2.24, 2.45) is 0 Å². The summed E-state index contributed by atoms with van der Waals surface area (Å²) >= 11 is 2.19. The van der Waals surface area contributed by atoms with Crippen molar-refractivity contribution in [2.75, 3.05) is 0 Å². The van der Waals surface area contributed by atoms with Crippen molar-refractivity contribution in [3.63, 3.8) is 0 Å². The summed E-state index contributed by atoms with van der Waals surface area (Å²) in [6, 6.07) is 13.1. The number of aromatic nitrogens is 1. The smallest absolute Gasteiger partial charge is 0.336 e. The van der Waals surface area contributed by atoms with Crippen molar-refractivity contribution in [3.05, 3.63) is 63.5 Å². The molecular formula is C16H9FINO2. The number of carbonyl (C=O) groups is 1. The minimum atomic E-state index is -1.10. The summed E-state index contributed by atoms with van der Waals surface area (Å²) in [6.07, 6.45) is 0. The molecule has 3 aromatic rings. The van der Waals surface area contributed by atoms with Gasteiger partial charge in [0.1, 0.15) is 5.82 Å². The van der Waals surface area contributed by atoms with Crippen LogP contribution in [0.4, 0.5) is 4.39 Å². The SMILES string of the molecule is O=C(O)c1cc(-c2ccc(I)cc2)nc2ccc(F)cc12. The molecule has 0 amide bonds. The molecule has 1 aromatic heterocycles. The topological polar surface area (TPSA) is 50.2 Å². The summed E-state index contributed by atoms with van der Waals surface area (Å²) in [5.74, 6) is -1.58. The average molecular weight is 393 g/mol. The van der Waals surface area contributed by atoms with Crippen LogP contribution in [-0.4, -0.2) is 16.1 Å². The van der Waals surface area contributed by atoms with Gasteiger partial charge in [0.05, 0.1) is 16.8 Å². The molecule has 0 unspecified atom stereocenters. The first-order valence-electron chi connectivity index (χ1n) is 6.14. The van der Waals surface area contributed by atoms with E-state index in [-0.39, 0.29) is 5.56 Å². The zero-order chi connectivity index (χ0) is 15.0. The zero-order valence-electron chi connectivity index (χ0n) is 10.7. The fraction of sp³-hybridized carbons (Fsp3) is 0. The van der Waals surface area contributed by atoms with E-state index in [1.54, 1.807) is 0 Å². The Morgan fingerprint density at radius 1 is 1.10 bits per heavy atom. The van der Waals surface area contributed by atoms with E-state index in [0.29, 0.717) is 16.6 Å². The molecule has 104 valence electrons. The standard InChI is InChI=1S/C16H9FINO2/c17-10-3-6-14-12(7-10)13(16(20)21)8-15(19-14)9-1-4-11(18)5-2-9/h1-8H,(H,20,21). The van der Waals surface area contributed by atoms with Crippen LogP contribution in [0.25, 0.3) is 22.2 Å². The minimum Gasteiger partial charge on any atom is -0.478 e. The Hall–Kier alpha value is -2.02. The van der Waals surface area contributed by atoms with Gasteiger partial charge in [0.25, 0.3) is 0 Å². The molecule has 0 bridgehead atoms. The van der Waals surface area contributed by atoms with Crippen LogP contribution in [0.5, 0.6) is 0 Å². The number of fused-ring (bicyclic) bond motifs is 1. The van der Waals surface area contributed by atoms with Gasteiger partial charge in [0.15, 0.2) is 0 Å². The van der Waals surface area contributed by atoms with E-state index in [4.69, 9.17) is 0 Å². The Bertz CT molecular complexity index is 847. The largest absolute Gasteiger partial charge is 0.478 e. The number of halogens is 2. The van der Waals surface area contributed by atoms with Gasteiger partial charge in [0.2, 0.25) is 0 Å². The summed E-state index contributed by atoms with van der Waals surface area (Å²) in [5.41, 5.74) is 1.89. The molecule has 5 heteroatoms. The van der Waals surface area contributed by atoms with Crippen molar-refractivity contribution < 1.29 is 14.3 Å². The number of benzene rings is 2. The highest BCUT2D eigenvalue weighted by molar-refractivity contribution is 14.1. The fourth-order valence-electron chi connectivity index (χ4n) is 2.14. The maximum atomic E-state index is 13.3. The van der Waals surface area contributed by atoms with Crippen LogP contribution in [0, 0.1) is 9.39 Å². The maximum absolute atomic E-state index is 13.3. The minimum absolute atomic E-state index is 0.0491. The van der Waals surface area contributed by atoms with Crippen molar-refractivity contribution in [2.45, 2.75) is 0 Å². The van der Waals surface area contributed by atoms with Crippen LogP contribution < -0.4 is 0 Å². The predicted octanol–water partition coefficient (Wildman–Crippen LogP) is 4.34. The normalized spacial score (nSPS) is 10.8. The number of pyridine rings is 1. The Kier molecular flexibility index (Phi) is 3.59. The molecule has 3 rings (SSSR count). The van der Waals surface area contributed by atoms with E-state index in [1.165, 1.54) is 24.3 Å². The summed E-state index contributed by atoms with van der Waals surface area (Å²) < 4.78 is 14.4. The van der Waals surface area contributed by atoms with E-state index in [1.807, 2.05) is 24.3 Å². The van der Waals surface area contributed by atoms with Gasteiger partial charge >= 0.3 is 5.97 Å². The lowest BCUT2D eigenvalue weighted by Gasteiger charge is -2.07. The lowest BCUT2D eigenvalue weighted by Crippen LogP contribution is -2.00. The van der Waals surface area contributed by atoms with Crippen LogP contribution in [-0.2, 0) is 0 Å². The summed E-state index contributed by atoms with van der Waals surface area (Å²) in [7, 11) is 0. The van der Waals surface area contributed by atoms with E-state index in [9.17, 15) is 14.3 Å². The van der Waals surface area contributed by atoms with E-state index < -0.39 is 11.8 Å². The number of rotatable bonds is 2. The Labute approximate surface area is 133 Å². The number of aromatic carboxylic acids is 1. The van der Waals surface area contributed by atoms with Gasteiger partial charge in [-0.25, -0.2) is 14.2 Å². The van der Waals surface area contributed by atoms with Gasteiger partial charge in [0, 0.05) is 14.5 Å². The quantitative estimate of drug-likeness (QED) is 0.659. The summed E-state index contributed by atoms with van der Waals surface area (Å²) in [6.45, 7) is 0. The molecule has 0 aliphatic heterocycles. The number of carboxylic acid groups (broad SMARTS) is 1. The Morgan fingerprint density at radius 2 is 1.81 bits per heavy atom. The molecular weight excluding hydrogens is 384 g/mol. The number of hydrogen-bond acceptors (Lipinski definition) is 2.